The van der Waals surface area contributed by atoms with Crippen molar-refractivity contribution >= 4 is 0 Å². The molecule has 1 aromatic carbocycles. The summed E-state index contributed by atoms with van der Waals surface area (Å²) in [5, 5.41) is 10.8. The van der Waals surface area contributed by atoms with E-state index in [1.165, 1.54) is 50.5 Å². The van der Waals surface area contributed by atoms with Crippen LogP contribution in [0.3, 0.4) is 0 Å². The van der Waals surface area contributed by atoms with E-state index in [-0.39, 0.29) is 6.10 Å². The minimum absolute atomic E-state index is 0.246. The third kappa shape index (κ3) is 2.86. The van der Waals surface area contributed by atoms with Crippen LogP contribution in [-0.2, 0) is 0 Å². The molecule has 2 aliphatic rings. The molecule has 1 nitrogen and oxygen atoms in total. The van der Waals surface area contributed by atoms with Gasteiger partial charge in [-0.3, -0.25) is 0 Å². The maximum absolute atomic E-state index is 10.8. The van der Waals surface area contributed by atoms with Crippen LogP contribution in [0.2, 0.25) is 0 Å². The van der Waals surface area contributed by atoms with Crippen molar-refractivity contribution in [3.05, 3.63) is 35.4 Å². The summed E-state index contributed by atoms with van der Waals surface area (Å²) in [5.74, 6) is 1.97. The summed E-state index contributed by atoms with van der Waals surface area (Å²) >= 11 is 0. The Morgan fingerprint density at radius 2 is 1.95 bits per heavy atom. The molecule has 3 unspecified atom stereocenters. The van der Waals surface area contributed by atoms with Crippen molar-refractivity contribution in [3.63, 3.8) is 0 Å². The molecule has 0 aromatic heterocycles. The monoisotopic (exact) mass is 258 g/mol. The van der Waals surface area contributed by atoms with Gasteiger partial charge in [-0.25, -0.2) is 0 Å². The number of hydrogen-bond donors (Lipinski definition) is 1. The largest absolute Gasteiger partial charge is 0.388 e. The molecule has 0 bridgehead atoms. The van der Waals surface area contributed by atoms with Crippen molar-refractivity contribution in [2.75, 3.05) is 0 Å². The molecule has 2 saturated carbocycles. The maximum atomic E-state index is 10.8. The highest BCUT2D eigenvalue weighted by molar-refractivity contribution is 5.30. The van der Waals surface area contributed by atoms with E-state index in [0.717, 1.165) is 11.5 Å². The molecule has 0 aliphatic heterocycles. The number of rotatable bonds is 4. The van der Waals surface area contributed by atoms with Crippen LogP contribution in [0.15, 0.2) is 24.3 Å². The van der Waals surface area contributed by atoms with Gasteiger partial charge in [-0.15, -0.1) is 0 Å². The average molecular weight is 258 g/mol. The first kappa shape index (κ1) is 13.2. The van der Waals surface area contributed by atoms with Crippen molar-refractivity contribution in [1.82, 2.24) is 0 Å². The molecule has 0 saturated heterocycles. The topological polar surface area (TPSA) is 20.2 Å². The Kier molecular flexibility index (Phi) is 3.93. The highest BCUT2D eigenvalue weighted by Gasteiger charge is 2.31. The Morgan fingerprint density at radius 1 is 1.16 bits per heavy atom. The molecule has 3 atom stereocenters. The smallest absolute Gasteiger partial charge is 0.0820 e. The quantitative estimate of drug-likeness (QED) is 0.821. The Hall–Kier alpha value is -0.820. The molecule has 19 heavy (non-hydrogen) atoms. The summed E-state index contributed by atoms with van der Waals surface area (Å²) in [4.78, 5) is 0. The minimum Gasteiger partial charge on any atom is -0.388 e. The molecule has 0 spiro atoms. The fourth-order valence-corrected chi connectivity index (χ4v) is 3.82. The second-order valence-electron chi connectivity index (χ2n) is 6.51. The molecule has 1 aromatic rings. The van der Waals surface area contributed by atoms with E-state index in [9.17, 15) is 5.11 Å². The van der Waals surface area contributed by atoms with Gasteiger partial charge >= 0.3 is 0 Å². The summed E-state index contributed by atoms with van der Waals surface area (Å²) in [6.07, 6.45) is 8.78. The van der Waals surface area contributed by atoms with Gasteiger partial charge in [-0.05, 0) is 48.1 Å². The number of hydrogen-bond acceptors (Lipinski definition) is 1. The van der Waals surface area contributed by atoms with E-state index in [0.29, 0.717) is 11.8 Å². The van der Waals surface area contributed by atoms with E-state index in [1.54, 1.807) is 0 Å². The van der Waals surface area contributed by atoms with Gasteiger partial charge in [0.15, 0.2) is 0 Å². The molecule has 1 heteroatoms. The Bertz CT molecular complexity index is 421. The zero-order valence-electron chi connectivity index (χ0n) is 12.0. The highest BCUT2D eigenvalue weighted by atomic mass is 16.3. The zero-order valence-corrected chi connectivity index (χ0v) is 12.0. The molecule has 104 valence electrons. The summed E-state index contributed by atoms with van der Waals surface area (Å²) in [7, 11) is 0. The molecule has 1 N–H and O–H groups in total. The first-order chi connectivity index (χ1) is 9.29. The van der Waals surface area contributed by atoms with Crippen LogP contribution in [0.1, 0.15) is 75.0 Å². The fraction of sp³-hybridized carbons (Fsp3) is 0.667. The van der Waals surface area contributed by atoms with Gasteiger partial charge in [-0.1, -0.05) is 56.9 Å². The lowest BCUT2D eigenvalue weighted by Gasteiger charge is -2.34. The van der Waals surface area contributed by atoms with Gasteiger partial charge in [0.1, 0.15) is 0 Å². The minimum atomic E-state index is -0.246. The second-order valence-corrected chi connectivity index (χ2v) is 6.51. The van der Waals surface area contributed by atoms with Gasteiger partial charge in [0.05, 0.1) is 6.10 Å². The van der Waals surface area contributed by atoms with Gasteiger partial charge < -0.3 is 5.11 Å². The van der Waals surface area contributed by atoms with E-state index < -0.39 is 0 Å². The standard InChI is InChI=1S/C18H26O/c1-2-13-6-3-4-9-17(13)18(19)16-8-5-7-15(12-16)14-10-11-14/h5,7-8,12-14,17-19H,2-4,6,9-11H2,1H3. The Balaban J connectivity index is 1.77. The summed E-state index contributed by atoms with van der Waals surface area (Å²) in [6, 6.07) is 8.75. The fourth-order valence-electron chi connectivity index (χ4n) is 3.82. The molecule has 0 radical (unpaired) electrons. The average Bonchev–Trinajstić information content (AvgIpc) is 3.31. The zero-order chi connectivity index (χ0) is 13.2. The maximum Gasteiger partial charge on any atom is 0.0820 e. The van der Waals surface area contributed by atoms with Crippen molar-refractivity contribution in [2.24, 2.45) is 11.8 Å². The molecular weight excluding hydrogens is 232 g/mol. The summed E-state index contributed by atoms with van der Waals surface area (Å²) in [5.41, 5.74) is 2.61. The van der Waals surface area contributed by atoms with Crippen molar-refractivity contribution in [2.45, 2.75) is 63.9 Å². The van der Waals surface area contributed by atoms with E-state index in [4.69, 9.17) is 0 Å². The van der Waals surface area contributed by atoms with E-state index in [1.807, 2.05) is 0 Å². The SMILES string of the molecule is CCC1CCCCC1C(O)c1cccc(C2CC2)c1. The van der Waals surface area contributed by atoms with Gasteiger partial charge in [-0.2, -0.15) is 0 Å². The molecule has 3 rings (SSSR count). The van der Waals surface area contributed by atoms with Crippen LogP contribution < -0.4 is 0 Å². The summed E-state index contributed by atoms with van der Waals surface area (Å²) < 4.78 is 0. The molecular formula is C18H26O. The van der Waals surface area contributed by atoms with Gasteiger partial charge in [0.25, 0.3) is 0 Å². The van der Waals surface area contributed by atoms with Crippen LogP contribution in [0, 0.1) is 11.8 Å². The Labute approximate surface area is 117 Å². The lowest BCUT2D eigenvalue weighted by atomic mass is 9.73. The first-order valence-electron chi connectivity index (χ1n) is 8.07. The van der Waals surface area contributed by atoms with Crippen LogP contribution in [0.4, 0.5) is 0 Å². The van der Waals surface area contributed by atoms with Crippen LogP contribution in [-0.4, -0.2) is 5.11 Å². The molecule has 2 aliphatic carbocycles. The van der Waals surface area contributed by atoms with Gasteiger partial charge in [0.2, 0.25) is 0 Å². The van der Waals surface area contributed by atoms with Crippen molar-refractivity contribution in [3.8, 4) is 0 Å². The summed E-state index contributed by atoms with van der Waals surface area (Å²) in [6.45, 7) is 2.27. The van der Waals surface area contributed by atoms with Crippen LogP contribution in [0.25, 0.3) is 0 Å². The molecule has 0 heterocycles. The van der Waals surface area contributed by atoms with Crippen molar-refractivity contribution in [1.29, 1.82) is 0 Å². The van der Waals surface area contributed by atoms with Crippen LogP contribution >= 0.6 is 0 Å². The second kappa shape index (κ2) is 5.66. The lowest BCUT2D eigenvalue weighted by molar-refractivity contribution is 0.0451. The highest BCUT2D eigenvalue weighted by Crippen LogP contribution is 2.43. The molecule has 2 fully saturated rings. The van der Waals surface area contributed by atoms with E-state index in [2.05, 4.69) is 31.2 Å². The number of aliphatic hydroxyl groups excluding tert-OH is 1. The predicted molar refractivity (Wildman–Crippen MR) is 79.1 cm³/mol. The lowest BCUT2D eigenvalue weighted by Crippen LogP contribution is -2.25. The van der Waals surface area contributed by atoms with Crippen molar-refractivity contribution < 1.29 is 5.11 Å². The predicted octanol–water partition coefficient (Wildman–Crippen LogP) is 4.81. The first-order valence-corrected chi connectivity index (χ1v) is 8.07. The Morgan fingerprint density at radius 3 is 2.68 bits per heavy atom. The number of aliphatic hydroxyl groups is 1. The van der Waals surface area contributed by atoms with Gasteiger partial charge in [0, 0.05) is 0 Å². The molecule has 0 amide bonds. The number of benzene rings is 1. The van der Waals surface area contributed by atoms with Crippen LogP contribution in [0.5, 0.6) is 0 Å². The third-order valence-corrected chi connectivity index (χ3v) is 5.20. The normalized spacial score (nSPS) is 29.2. The van der Waals surface area contributed by atoms with E-state index >= 15 is 0 Å². The third-order valence-electron chi connectivity index (χ3n) is 5.20.